The van der Waals surface area contributed by atoms with Gasteiger partial charge >= 0.3 is 6.03 Å². The number of rotatable bonds is 5. The number of carbonyl (C=O) groups excluding carboxylic acids is 1. The Morgan fingerprint density at radius 2 is 2.22 bits per heavy atom. The van der Waals surface area contributed by atoms with E-state index in [-0.39, 0.29) is 23.9 Å². The molecule has 1 rings (SSSR count). The normalized spacial score (nSPS) is 27.3. The first-order valence-electron chi connectivity index (χ1n) is 6.77. The van der Waals surface area contributed by atoms with Crippen LogP contribution in [0.25, 0.3) is 0 Å². The second-order valence-electron chi connectivity index (χ2n) is 5.33. The average Bonchev–Trinajstić information content (AvgIpc) is 2.30. The molecule has 3 N–H and O–H groups in total. The molecule has 0 radical (unpaired) electrons. The van der Waals surface area contributed by atoms with E-state index in [1.54, 1.807) is 11.8 Å². The Morgan fingerprint density at radius 3 is 2.78 bits per heavy atom. The third-order valence-corrected chi connectivity index (χ3v) is 4.83. The summed E-state index contributed by atoms with van der Waals surface area (Å²) in [6, 6.07) is 0.183. The fourth-order valence-electron chi connectivity index (χ4n) is 2.53. The fraction of sp³-hybridized carbons (Fsp3) is 0.923. The van der Waals surface area contributed by atoms with Gasteiger partial charge in [-0.05, 0) is 31.9 Å². The number of hydrogen-bond donors (Lipinski definition) is 3. The summed E-state index contributed by atoms with van der Waals surface area (Å²) in [6.07, 6.45) is 6.58. The Labute approximate surface area is 114 Å². The van der Waals surface area contributed by atoms with Crippen LogP contribution in [0.2, 0.25) is 0 Å². The first kappa shape index (κ1) is 15.6. The van der Waals surface area contributed by atoms with Gasteiger partial charge in [0, 0.05) is 17.3 Å². The predicted octanol–water partition coefficient (Wildman–Crippen LogP) is 1.98. The standard InChI is InChI=1S/C13H26N2O2S/c1-9-5-4-6-11(7-9)15-13(17)14-10(2)12(8-16)18-3/h9-12,16H,4-8H2,1-3H3,(H2,14,15,17). The molecular formula is C13H26N2O2S. The van der Waals surface area contributed by atoms with E-state index in [4.69, 9.17) is 0 Å². The molecule has 106 valence electrons. The van der Waals surface area contributed by atoms with E-state index in [0.29, 0.717) is 12.0 Å². The van der Waals surface area contributed by atoms with Crippen LogP contribution in [0.15, 0.2) is 0 Å². The minimum Gasteiger partial charge on any atom is -0.395 e. The van der Waals surface area contributed by atoms with Crippen LogP contribution in [0.1, 0.15) is 39.5 Å². The molecule has 5 heteroatoms. The van der Waals surface area contributed by atoms with Crippen LogP contribution in [0.5, 0.6) is 0 Å². The zero-order valence-electron chi connectivity index (χ0n) is 11.6. The molecular weight excluding hydrogens is 248 g/mol. The van der Waals surface area contributed by atoms with Gasteiger partial charge in [0.15, 0.2) is 0 Å². The van der Waals surface area contributed by atoms with Crippen LogP contribution in [0.3, 0.4) is 0 Å². The molecule has 18 heavy (non-hydrogen) atoms. The Bertz CT molecular complexity index is 253. The SMILES string of the molecule is CSC(CO)C(C)NC(=O)NC1CCCC(C)C1. The molecule has 0 saturated heterocycles. The van der Waals surface area contributed by atoms with E-state index < -0.39 is 0 Å². The van der Waals surface area contributed by atoms with Gasteiger partial charge < -0.3 is 15.7 Å². The van der Waals surface area contributed by atoms with Crippen LogP contribution < -0.4 is 10.6 Å². The largest absolute Gasteiger partial charge is 0.395 e. The molecule has 0 heterocycles. The van der Waals surface area contributed by atoms with Crippen molar-refractivity contribution in [3.05, 3.63) is 0 Å². The average molecular weight is 274 g/mol. The molecule has 0 spiro atoms. The predicted molar refractivity (Wildman–Crippen MR) is 76.9 cm³/mol. The number of aliphatic hydroxyl groups excluding tert-OH is 1. The zero-order chi connectivity index (χ0) is 13.5. The quantitative estimate of drug-likeness (QED) is 0.718. The van der Waals surface area contributed by atoms with Crippen LogP contribution in [0, 0.1) is 5.92 Å². The smallest absolute Gasteiger partial charge is 0.315 e. The molecule has 0 aromatic rings. The van der Waals surface area contributed by atoms with E-state index in [2.05, 4.69) is 17.6 Å². The van der Waals surface area contributed by atoms with Crippen molar-refractivity contribution in [3.63, 3.8) is 0 Å². The number of urea groups is 1. The van der Waals surface area contributed by atoms with Crippen molar-refractivity contribution in [3.8, 4) is 0 Å². The Kier molecular flexibility index (Phi) is 6.86. The lowest BCUT2D eigenvalue weighted by Crippen LogP contribution is -2.49. The summed E-state index contributed by atoms with van der Waals surface area (Å²) in [5.41, 5.74) is 0. The molecule has 4 atom stereocenters. The highest BCUT2D eigenvalue weighted by atomic mass is 32.2. The lowest BCUT2D eigenvalue weighted by atomic mass is 9.87. The van der Waals surface area contributed by atoms with Crippen molar-refractivity contribution < 1.29 is 9.90 Å². The van der Waals surface area contributed by atoms with E-state index in [1.807, 2.05) is 13.2 Å². The zero-order valence-corrected chi connectivity index (χ0v) is 12.4. The maximum absolute atomic E-state index is 11.9. The molecule has 1 fully saturated rings. The second-order valence-corrected chi connectivity index (χ2v) is 6.41. The number of carbonyl (C=O) groups is 1. The first-order chi connectivity index (χ1) is 8.56. The summed E-state index contributed by atoms with van der Waals surface area (Å²) in [6.45, 7) is 4.26. The maximum Gasteiger partial charge on any atom is 0.315 e. The number of hydrogen-bond acceptors (Lipinski definition) is 3. The van der Waals surface area contributed by atoms with Crippen molar-refractivity contribution >= 4 is 17.8 Å². The molecule has 0 bridgehead atoms. The summed E-state index contributed by atoms with van der Waals surface area (Å²) >= 11 is 1.57. The minimum absolute atomic E-state index is 0.0222. The topological polar surface area (TPSA) is 61.4 Å². The molecule has 0 aliphatic heterocycles. The summed E-state index contributed by atoms with van der Waals surface area (Å²) in [7, 11) is 0. The van der Waals surface area contributed by atoms with Gasteiger partial charge in [0.2, 0.25) is 0 Å². The molecule has 1 aliphatic carbocycles. The molecule has 0 aromatic carbocycles. The number of nitrogens with one attached hydrogen (secondary N) is 2. The molecule has 4 unspecified atom stereocenters. The molecule has 1 saturated carbocycles. The van der Waals surface area contributed by atoms with Crippen molar-refractivity contribution in [2.45, 2.75) is 56.9 Å². The van der Waals surface area contributed by atoms with Crippen LogP contribution in [-0.2, 0) is 0 Å². The molecule has 1 aliphatic rings. The minimum atomic E-state index is -0.103. The second kappa shape index (κ2) is 7.89. The summed E-state index contributed by atoms with van der Waals surface area (Å²) in [4.78, 5) is 11.9. The lowest BCUT2D eigenvalue weighted by molar-refractivity contribution is 0.220. The van der Waals surface area contributed by atoms with Crippen LogP contribution in [0.4, 0.5) is 4.79 Å². The van der Waals surface area contributed by atoms with Crippen molar-refractivity contribution in [1.82, 2.24) is 10.6 Å². The van der Waals surface area contributed by atoms with Gasteiger partial charge in [-0.3, -0.25) is 0 Å². The molecule has 2 amide bonds. The Balaban J connectivity index is 2.32. The first-order valence-corrected chi connectivity index (χ1v) is 8.06. The summed E-state index contributed by atoms with van der Waals surface area (Å²) in [5.74, 6) is 0.706. The monoisotopic (exact) mass is 274 g/mol. The highest BCUT2D eigenvalue weighted by Crippen LogP contribution is 2.23. The van der Waals surface area contributed by atoms with Gasteiger partial charge in [0.1, 0.15) is 0 Å². The summed E-state index contributed by atoms with van der Waals surface area (Å²) in [5, 5.41) is 15.2. The van der Waals surface area contributed by atoms with Gasteiger partial charge in [-0.1, -0.05) is 19.8 Å². The van der Waals surface area contributed by atoms with Gasteiger partial charge in [-0.25, -0.2) is 4.79 Å². The maximum atomic E-state index is 11.9. The molecule has 0 aromatic heterocycles. The van der Waals surface area contributed by atoms with E-state index in [0.717, 1.165) is 12.8 Å². The Hall–Kier alpha value is -0.420. The lowest BCUT2D eigenvalue weighted by Gasteiger charge is -2.29. The fourth-order valence-corrected chi connectivity index (χ4v) is 3.15. The van der Waals surface area contributed by atoms with Gasteiger partial charge in [0.05, 0.1) is 6.61 Å². The Morgan fingerprint density at radius 1 is 1.50 bits per heavy atom. The summed E-state index contributed by atoms with van der Waals surface area (Å²) < 4.78 is 0. The van der Waals surface area contributed by atoms with Crippen LogP contribution in [-0.4, -0.2) is 41.3 Å². The number of thioether (sulfide) groups is 1. The number of aliphatic hydroxyl groups is 1. The number of amides is 2. The third-order valence-electron chi connectivity index (χ3n) is 3.67. The van der Waals surface area contributed by atoms with E-state index in [1.165, 1.54) is 12.8 Å². The highest BCUT2D eigenvalue weighted by molar-refractivity contribution is 7.99. The van der Waals surface area contributed by atoms with E-state index in [9.17, 15) is 9.90 Å². The van der Waals surface area contributed by atoms with Crippen molar-refractivity contribution in [2.24, 2.45) is 5.92 Å². The molecule has 4 nitrogen and oxygen atoms in total. The van der Waals surface area contributed by atoms with Crippen molar-refractivity contribution in [1.29, 1.82) is 0 Å². The third kappa shape index (κ3) is 5.06. The highest BCUT2D eigenvalue weighted by Gasteiger charge is 2.22. The van der Waals surface area contributed by atoms with Crippen molar-refractivity contribution in [2.75, 3.05) is 12.9 Å². The van der Waals surface area contributed by atoms with Gasteiger partial charge in [-0.15, -0.1) is 0 Å². The van der Waals surface area contributed by atoms with Crippen LogP contribution >= 0.6 is 11.8 Å². The van der Waals surface area contributed by atoms with Gasteiger partial charge in [-0.2, -0.15) is 11.8 Å². The van der Waals surface area contributed by atoms with E-state index >= 15 is 0 Å². The van der Waals surface area contributed by atoms with Gasteiger partial charge in [0.25, 0.3) is 0 Å².